The van der Waals surface area contributed by atoms with Gasteiger partial charge in [0, 0.05) is 45.1 Å². The van der Waals surface area contributed by atoms with E-state index in [1.807, 2.05) is 30.3 Å². The Morgan fingerprint density at radius 1 is 0.900 bits per heavy atom. The van der Waals surface area contributed by atoms with Crippen LogP contribution in [0.15, 0.2) is 60.7 Å². The molecule has 0 unspecified atom stereocenters. The van der Waals surface area contributed by atoms with E-state index in [-0.39, 0.29) is 12.8 Å². The second kappa shape index (κ2) is 9.71. The molecule has 2 heterocycles. The van der Waals surface area contributed by atoms with Crippen molar-refractivity contribution in [2.75, 3.05) is 26.2 Å². The van der Waals surface area contributed by atoms with Crippen LogP contribution in [0.3, 0.4) is 0 Å². The molecule has 2 aliphatic rings. The van der Waals surface area contributed by atoms with Gasteiger partial charge in [0.15, 0.2) is 5.67 Å². The summed E-state index contributed by atoms with van der Waals surface area (Å²) in [5, 5.41) is 2.79. The highest BCUT2D eigenvalue weighted by atomic mass is 19.1. The van der Waals surface area contributed by atoms with Gasteiger partial charge in [-0.1, -0.05) is 60.7 Å². The maximum absolute atomic E-state index is 15.3. The highest BCUT2D eigenvalue weighted by Crippen LogP contribution is 2.30. The third kappa shape index (κ3) is 5.27. The Morgan fingerprint density at radius 2 is 1.47 bits per heavy atom. The second-order valence-corrected chi connectivity index (χ2v) is 8.66. The Morgan fingerprint density at radius 3 is 2.07 bits per heavy atom. The molecule has 2 aliphatic heterocycles. The molecule has 160 valence electrons. The Kier molecular flexibility index (Phi) is 6.80. The number of hydrogen-bond acceptors (Lipinski definition) is 3. The molecule has 5 heteroatoms. The first kappa shape index (κ1) is 21.0. The van der Waals surface area contributed by atoms with E-state index < -0.39 is 11.6 Å². The van der Waals surface area contributed by atoms with Crippen LogP contribution in [0.25, 0.3) is 0 Å². The van der Waals surface area contributed by atoms with Gasteiger partial charge in [-0.15, -0.1) is 0 Å². The SMILES string of the molecule is O=C(NCc1ccccc1)C1(F)CCN(C2CCN(Cc3ccccc3)CC2)CC1. The number of nitrogens with zero attached hydrogens (tertiary/aromatic N) is 2. The summed E-state index contributed by atoms with van der Waals surface area (Å²) in [6.07, 6.45) is 2.81. The molecule has 0 spiro atoms. The fourth-order valence-electron chi connectivity index (χ4n) is 4.69. The number of rotatable bonds is 6. The first-order valence-electron chi connectivity index (χ1n) is 11.1. The van der Waals surface area contributed by atoms with Gasteiger partial charge in [0.05, 0.1) is 0 Å². The van der Waals surface area contributed by atoms with E-state index in [1.165, 1.54) is 5.56 Å². The van der Waals surface area contributed by atoms with Crippen LogP contribution >= 0.6 is 0 Å². The molecule has 30 heavy (non-hydrogen) atoms. The van der Waals surface area contributed by atoms with Crippen LogP contribution in [-0.4, -0.2) is 53.6 Å². The molecule has 1 N–H and O–H groups in total. The number of carbonyl (C=O) groups is 1. The minimum atomic E-state index is -1.74. The highest BCUT2D eigenvalue weighted by molar-refractivity contribution is 5.85. The molecular formula is C25H32FN3O. The molecule has 2 aromatic carbocycles. The van der Waals surface area contributed by atoms with E-state index in [4.69, 9.17) is 0 Å². The maximum Gasteiger partial charge on any atom is 0.258 e. The zero-order valence-electron chi connectivity index (χ0n) is 17.6. The van der Waals surface area contributed by atoms with Gasteiger partial charge in [-0.25, -0.2) is 4.39 Å². The number of likely N-dealkylation sites (tertiary alicyclic amines) is 2. The predicted molar refractivity (Wildman–Crippen MR) is 118 cm³/mol. The predicted octanol–water partition coefficient (Wildman–Crippen LogP) is 3.77. The number of benzene rings is 2. The number of nitrogens with one attached hydrogen (secondary N) is 1. The summed E-state index contributed by atoms with van der Waals surface area (Å²) in [6, 6.07) is 20.8. The third-order valence-corrected chi connectivity index (χ3v) is 6.62. The topological polar surface area (TPSA) is 35.6 Å². The lowest BCUT2D eigenvalue weighted by Gasteiger charge is -2.43. The number of amides is 1. The van der Waals surface area contributed by atoms with E-state index in [1.54, 1.807) is 0 Å². The van der Waals surface area contributed by atoms with E-state index >= 15 is 4.39 Å². The van der Waals surface area contributed by atoms with Gasteiger partial charge in [0.25, 0.3) is 5.91 Å². The third-order valence-electron chi connectivity index (χ3n) is 6.62. The largest absolute Gasteiger partial charge is 0.349 e. The molecule has 2 fully saturated rings. The van der Waals surface area contributed by atoms with Crippen LogP contribution in [-0.2, 0) is 17.9 Å². The number of carbonyl (C=O) groups excluding carboxylic acids is 1. The summed E-state index contributed by atoms with van der Waals surface area (Å²) in [6.45, 7) is 4.87. The lowest BCUT2D eigenvalue weighted by molar-refractivity contribution is -0.136. The zero-order chi connectivity index (χ0) is 20.8. The van der Waals surface area contributed by atoms with Gasteiger partial charge in [-0.2, -0.15) is 0 Å². The smallest absolute Gasteiger partial charge is 0.258 e. The van der Waals surface area contributed by atoms with Crippen molar-refractivity contribution in [1.82, 2.24) is 15.1 Å². The normalized spacial score (nSPS) is 20.7. The highest BCUT2D eigenvalue weighted by Gasteiger charge is 2.42. The average molecular weight is 410 g/mol. The van der Waals surface area contributed by atoms with E-state index in [9.17, 15) is 4.79 Å². The van der Waals surface area contributed by atoms with E-state index in [0.29, 0.717) is 25.7 Å². The Balaban J connectivity index is 1.21. The summed E-state index contributed by atoms with van der Waals surface area (Å²) in [5.41, 5.74) is 0.617. The van der Waals surface area contributed by atoms with E-state index in [0.717, 1.165) is 38.0 Å². The Hall–Kier alpha value is -2.24. The standard InChI is InChI=1S/C25H32FN3O/c26-25(24(30)27-19-21-7-3-1-4-8-21)13-17-29(18-14-25)23-11-15-28(16-12-23)20-22-9-5-2-6-10-22/h1-10,23H,11-20H2,(H,27,30). The Labute approximate surface area is 179 Å². The monoisotopic (exact) mass is 409 g/mol. The van der Waals surface area contributed by atoms with Crippen LogP contribution in [0.1, 0.15) is 36.8 Å². The number of alkyl halides is 1. The van der Waals surface area contributed by atoms with Crippen molar-refractivity contribution in [2.45, 2.75) is 50.5 Å². The molecule has 4 rings (SSSR count). The van der Waals surface area contributed by atoms with Crippen LogP contribution < -0.4 is 5.32 Å². The fraction of sp³-hybridized carbons (Fsp3) is 0.480. The Bertz CT molecular complexity index is 798. The van der Waals surface area contributed by atoms with Crippen molar-refractivity contribution < 1.29 is 9.18 Å². The van der Waals surface area contributed by atoms with Crippen molar-refractivity contribution in [3.8, 4) is 0 Å². The van der Waals surface area contributed by atoms with Crippen molar-refractivity contribution in [3.05, 3.63) is 71.8 Å². The molecule has 0 bridgehead atoms. The summed E-state index contributed by atoms with van der Waals surface area (Å²) in [5.74, 6) is -0.455. The lowest BCUT2D eigenvalue weighted by Crippen LogP contribution is -2.54. The summed E-state index contributed by atoms with van der Waals surface area (Å²) in [7, 11) is 0. The number of hydrogen-bond donors (Lipinski definition) is 1. The molecule has 0 aliphatic carbocycles. The zero-order valence-corrected chi connectivity index (χ0v) is 17.6. The van der Waals surface area contributed by atoms with Crippen LogP contribution in [0.2, 0.25) is 0 Å². The van der Waals surface area contributed by atoms with Crippen molar-refractivity contribution in [3.63, 3.8) is 0 Å². The maximum atomic E-state index is 15.3. The van der Waals surface area contributed by atoms with Gasteiger partial charge >= 0.3 is 0 Å². The molecule has 0 atom stereocenters. The van der Waals surface area contributed by atoms with Crippen LogP contribution in [0.5, 0.6) is 0 Å². The van der Waals surface area contributed by atoms with Gasteiger partial charge in [0.2, 0.25) is 0 Å². The fourth-order valence-corrected chi connectivity index (χ4v) is 4.69. The van der Waals surface area contributed by atoms with Gasteiger partial charge in [0.1, 0.15) is 0 Å². The van der Waals surface area contributed by atoms with Crippen LogP contribution in [0.4, 0.5) is 4.39 Å². The molecule has 2 saturated heterocycles. The van der Waals surface area contributed by atoms with E-state index in [2.05, 4.69) is 45.4 Å². The van der Waals surface area contributed by atoms with Crippen molar-refractivity contribution in [1.29, 1.82) is 0 Å². The molecule has 0 saturated carbocycles. The van der Waals surface area contributed by atoms with Gasteiger partial charge in [-0.05, 0) is 37.1 Å². The summed E-state index contributed by atoms with van der Waals surface area (Å²) in [4.78, 5) is 17.4. The van der Waals surface area contributed by atoms with Gasteiger partial charge in [-0.3, -0.25) is 9.69 Å². The molecule has 2 aromatic rings. The molecular weight excluding hydrogens is 377 g/mol. The average Bonchev–Trinajstić information content (AvgIpc) is 2.80. The minimum absolute atomic E-state index is 0.290. The van der Waals surface area contributed by atoms with Crippen LogP contribution in [0, 0.1) is 0 Å². The molecule has 0 radical (unpaired) electrons. The van der Waals surface area contributed by atoms with Crippen molar-refractivity contribution in [2.24, 2.45) is 0 Å². The number of halogens is 1. The lowest BCUT2D eigenvalue weighted by atomic mass is 9.90. The van der Waals surface area contributed by atoms with Gasteiger partial charge < -0.3 is 10.2 Å². The summed E-state index contributed by atoms with van der Waals surface area (Å²) < 4.78 is 15.3. The first-order valence-corrected chi connectivity index (χ1v) is 11.1. The summed E-state index contributed by atoms with van der Waals surface area (Å²) >= 11 is 0. The molecule has 1 amide bonds. The minimum Gasteiger partial charge on any atom is -0.349 e. The molecule has 0 aromatic heterocycles. The molecule has 4 nitrogen and oxygen atoms in total. The second-order valence-electron chi connectivity index (χ2n) is 8.66. The number of piperidine rings is 2. The first-order chi connectivity index (χ1) is 14.6. The quantitative estimate of drug-likeness (QED) is 0.789. The van der Waals surface area contributed by atoms with Crippen molar-refractivity contribution >= 4 is 5.91 Å².